The molecule has 2 aliphatic rings. The summed E-state index contributed by atoms with van der Waals surface area (Å²) in [5, 5.41) is 13.3. The molecular formula is C32H40N2O. The lowest BCUT2D eigenvalue weighted by Crippen LogP contribution is -2.30. The first kappa shape index (κ1) is 22.9. The molecule has 3 nitrogen and oxygen atoms in total. The first-order valence-electron chi connectivity index (χ1n) is 13.6. The molecule has 35 heavy (non-hydrogen) atoms. The highest BCUT2D eigenvalue weighted by Crippen LogP contribution is 2.47. The van der Waals surface area contributed by atoms with Gasteiger partial charge in [0.05, 0.1) is 6.10 Å². The second-order valence-corrected chi connectivity index (χ2v) is 12.7. The largest absolute Gasteiger partial charge is 0.391 e. The Morgan fingerprint density at radius 3 is 2.17 bits per heavy atom. The van der Waals surface area contributed by atoms with Gasteiger partial charge in [-0.25, -0.2) is 0 Å². The summed E-state index contributed by atoms with van der Waals surface area (Å²) in [5.74, 6) is 0. The van der Waals surface area contributed by atoms with Crippen LogP contribution in [0.2, 0.25) is 0 Å². The zero-order valence-electron chi connectivity index (χ0n) is 22.1. The molecule has 0 fully saturated rings. The number of aliphatic hydroxyl groups excluding tert-OH is 1. The molecular weight excluding hydrogens is 428 g/mol. The van der Waals surface area contributed by atoms with Crippen LogP contribution in [0.4, 0.5) is 0 Å². The summed E-state index contributed by atoms with van der Waals surface area (Å²) in [6.45, 7) is 12.8. The van der Waals surface area contributed by atoms with Crippen LogP contribution >= 0.6 is 0 Å². The summed E-state index contributed by atoms with van der Waals surface area (Å²) in [5.41, 5.74) is 8.96. The molecule has 4 heterocycles. The lowest BCUT2D eigenvalue weighted by atomic mass is 9.75. The van der Waals surface area contributed by atoms with Crippen molar-refractivity contribution in [2.75, 3.05) is 0 Å². The Balaban J connectivity index is 1.48. The lowest BCUT2D eigenvalue weighted by Gasteiger charge is -2.36. The molecule has 2 aromatic heterocycles. The van der Waals surface area contributed by atoms with E-state index in [1.165, 1.54) is 52.3 Å². The molecule has 1 N–H and O–H groups in total. The molecule has 0 radical (unpaired) electrons. The van der Waals surface area contributed by atoms with E-state index in [-0.39, 0.29) is 16.9 Å². The average Bonchev–Trinajstić information content (AvgIpc) is 3.32. The lowest BCUT2D eigenvalue weighted by molar-refractivity contribution is 0.132. The Kier molecular flexibility index (Phi) is 5.23. The zero-order chi connectivity index (χ0) is 24.5. The third-order valence-corrected chi connectivity index (χ3v) is 8.69. The molecule has 6 rings (SSSR count). The minimum absolute atomic E-state index is 0.0367. The van der Waals surface area contributed by atoms with Crippen LogP contribution in [-0.2, 0) is 30.2 Å². The Hall–Kier alpha value is -2.52. The topological polar surface area (TPSA) is 30.1 Å². The minimum Gasteiger partial charge on any atom is -0.391 e. The predicted molar refractivity (Wildman–Crippen MR) is 147 cm³/mol. The molecule has 3 heteroatoms. The Morgan fingerprint density at radius 2 is 1.46 bits per heavy atom. The molecule has 184 valence electrons. The van der Waals surface area contributed by atoms with E-state index in [2.05, 4.69) is 92.3 Å². The van der Waals surface area contributed by atoms with Crippen LogP contribution in [-0.4, -0.2) is 20.3 Å². The van der Waals surface area contributed by atoms with Crippen LogP contribution in [0.15, 0.2) is 48.5 Å². The van der Waals surface area contributed by atoms with Crippen molar-refractivity contribution in [2.45, 2.75) is 103 Å². The van der Waals surface area contributed by atoms with Gasteiger partial charge in [0.15, 0.2) is 0 Å². The predicted octanol–water partition coefficient (Wildman–Crippen LogP) is 7.45. The number of para-hydroxylation sites is 2. The zero-order valence-corrected chi connectivity index (χ0v) is 22.1. The van der Waals surface area contributed by atoms with Gasteiger partial charge in [-0.15, -0.1) is 0 Å². The summed E-state index contributed by atoms with van der Waals surface area (Å²) in [4.78, 5) is 0. The Labute approximate surface area is 209 Å². The van der Waals surface area contributed by atoms with Gasteiger partial charge >= 0.3 is 0 Å². The molecule has 0 aliphatic carbocycles. The first-order chi connectivity index (χ1) is 16.7. The minimum atomic E-state index is -0.239. The van der Waals surface area contributed by atoms with E-state index in [1.54, 1.807) is 11.3 Å². The Morgan fingerprint density at radius 1 is 0.800 bits per heavy atom. The summed E-state index contributed by atoms with van der Waals surface area (Å²) < 4.78 is 5.14. The summed E-state index contributed by atoms with van der Waals surface area (Å²) >= 11 is 0. The van der Waals surface area contributed by atoms with Gasteiger partial charge < -0.3 is 14.2 Å². The van der Waals surface area contributed by atoms with E-state index < -0.39 is 0 Å². The number of hydrogen-bond donors (Lipinski definition) is 1. The summed E-state index contributed by atoms with van der Waals surface area (Å²) in [7, 11) is 0. The van der Waals surface area contributed by atoms with E-state index in [0.29, 0.717) is 6.04 Å². The van der Waals surface area contributed by atoms with E-state index in [1.807, 2.05) is 0 Å². The third kappa shape index (κ3) is 3.57. The van der Waals surface area contributed by atoms with Crippen LogP contribution in [0.1, 0.15) is 88.9 Å². The second kappa shape index (κ2) is 8.00. The first-order valence-corrected chi connectivity index (χ1v) is 13.6. The summed E-state index contributed by atoms with van der Waals surface area (Å²) in [6, 6.07) is 18.5. The van der Waals surface area contributed by atoms with E-state index in [9.17, 15) is 5.11 Å². The fraction of sp³-hybridized carbons (Fsp3) is 0.500. The van der Waals surface area contributed by atoms with Gasteiger partial charge in [-0.3, -0.25) is 0 Å². The fourth-order valence-corrected chi connectivity index (χ4v) is 7.52. The number of nitrogens with zero attached hydrogens (tertiary/aromatic N) is 2. The summed E-state index contributed by atoms with van der Waals surface area (Å²) in [6.07, 6.45) is 6.41. The van der Waals surface area contributed by atoms with E-state index in [0.717, 1.165) is 25.8 Å². The second-order valence-electron chi connectivity index (χ2n) is 12.7. The van der Waals surface area contributed by atoms with Crippen molar-refractivity contribution in [3.05, 3.63) is 71.0 Å². The molecule has 0 amide bonds. The number of benzene rings is 2. The Bertz CT molecular complexity index is 1410. The maximum absolute atomic E-state index is 10.4. The maximum Gasteiger partial charge on any atom is 0.0723 e. The van der Waals surface area contributed by atoms with Crippen molar-refractivity contribution < 1.29 is 5.11 Å². The van der Waals surface area contributed by atoms with Gasteiger partial charge in [0.2, 0.25) is 0 Å². The molecule has 2 aliphatic heterocycles. The monoisotopic (exact) mass is 468 g/mol. The van der Waals surface area contributed by atoms with Crippen molar-refractivity contribution in [2.24, 2.45) is 0 Å². The van der Waals surface area contributed by atoms with E-state index >= 15 is 0 Å². The van der Waals surface area contributed by atoms with Gasteiger partial charge in [-0.2, -0.15) is 0 Å². The van der Waals surface area contributed by atoms with Crippen molar-refractivity contribution in [3.8, 4) is 0 Å². The molecule has 0 saturated heterocycles. The number of hydrogen-bond acceptors (Lipinski definition) is 1. The highest BCUT2D eigenvalue weighted by Gasteiger charge is 2.37. The third-order valence-electron chi connectivity index (χ3n) is 8.69. The quantitative estimate of drug-likeness (QED) is 0.332. The SMILES string of the molecule is CC(C)(C)c1c2n(c3ccccc13)C(CC(C)(C)c1c3n(c4ccccc14)CC(O)CC3)CCC2. The average molecular weight is 469 g/mol. The highest BCUT2D eigenvalue weighted by atomic mass is 16.3. The molecule has 0 saturated carbocycles. The van der Waals surface area contributed by atoms with E-state index in [4.69, 9.17) is 0 Å². The van der Waals surface area contributed by atoms with Gasteiger partial charge in [-0.05, 0) is 72.6 Å². The van der Waals surface area contributed by atoms with Crippen molar-refractivity contribution in [1.82, 2.24) is 9.13 Å². The number of rotatable bonds is 3. The normalized spacial score (nSPS) is 20.9. The van der Waals surface area contributed by atoms with Crippen molar-refractivity contribution in [1.29, 1.82) is 0 Å². The van der Waals surface area contributed by atoms with Crippen molar-refractivity contribution in [3.63, 3.8) is 0 Å². The van der Waals surface area contributed by atoms with Crippen molar-refractivity contribution >= 4 is 21.8 Å². The number of aromatic nitrogens is 2. The van der Waals surface area contributed by atoms with Gasteiger partial charge in [-0.1, -0.05) is 71.0 Å². The molecule has 4 aromatic rings. The highest BCUT2D eigenvalue weighted by molar-refractivity contribution is 5.88. The van der Waals surface area contributed by atoms with Crippen LogP contribution < -0.4 is 0 Å². The molecule has 2 unspecified atom stereocenters. The van der Waals surface area contributed by atoms with Crippen LogP contribution in [0.25, 0.3) is 21.8 Å². The standard InChI is InChI=1S/C32H40N2O/c1-31(2,3)29-24-13-7-9-15-26(24)34-21(11-10-16-28(29)34)19-32(4,5)30-23-12-6-8-14-25(23)33-20-22(35)17-18-27(30)33/h6-9,12-15,21-22,35H,10-11,16-20H2,1-5H3. The van der Waals surface area contributed by atoms with Crippen LogP contribution in [0.5, 0.6) is 0 Å². The fourth-order valence-electron chi connectivity index (χ4n) is 7.52. The van der Waals surface area contributed by atoms with Gasteiger partial charge in [0.25, 0.3) is 0 Å². The van der Waals surface area contributed by atoms with Crippen LogP contribution in [0.3, 0.4) is 0 Å². The molecule has 2 atom stereocenters. The molecule has 0 bridgehead atoms. The maximum atomic E-state index is 10.4. The van der Waals surface area contributed by atoms with Crippen LogP contribution in [0, 0.1) is 0 Å². The molecule has 2 aromatic carbocycles. The molecule has 0 spiro atoms. The van der Waals surface area contributed by atoms with Gasteiger partial charge in [0, 0.05) is 45.8 Å². The number of fused-ring (bicyclic) bond motifs is 6. The number of aliphatic hydroxyl groups is 1. The van der Waals surface area contributed by atoms with Gasteiger partial charge in [0.1, 0.15) is 0 Å². The smallest absolute Gasteiger partial charge is 0.0723 e.